The SMILES string of the molecule is CCC(CNC(=O)CCCc1nc(C(C)(C)C)no1)(C(=O)O)c1ccccc1. The molecule has 1 unspecified atom stereocenters. The molecule has 0 aliphatic heterocycles. The van der Waals surface area contributed by atoms with Crippen LogP contribution in [0.2, 0.25) is 0 Å². The molecule has 0 aliphatic carbocycles. The van der Waals surface area contributed by atoms with Crippen LogP contribution >= 0.6 is 0 Å². The van der Waals surface area contributed by atoms with Crippen molar-refractivity contribution >= 4 is 11.9 Å². The lowest BCUT2D eigenvalue weighted by Gasteiger charge is -2.29. The van der Waals surface area contributed by atoms with E-state index in [0.717, 1.165) is 0 Å². The van der Waals surface area contributed by atoms with E-state index >= 15 is 0 Å². The van der Waals surface area contributed by atoms with Gasteiger partial charge in [-0.2, -0.15) is 4.98 Å². The van der Waals surface area contributed by atoms with Crippen LogP contribution in [-0.2, 0) is 26.8 Å². The molecule has 1 aromatic carbocycles. The highest BCUT2D eigenvalue weighted by molar-refractivity contribution is 5.83. The fourth-order valence-electron chi connectivity index (χ4n) is 2.94. The van der Waals surface area contributed by atoms with E-state index in [4.69, 9.17) is 4.52 Å². The van der Waals surface area contributed by atoms with Crippen LogP contribution in [0.25, 0.3) is 0 Å². The van der Waals surface area contributed by atoms with Gasteiger partial charge in [0.2, 0.25) is 11.8 Å². The molecular formula is C21H29N3O4. The Morgan fingerprint density at radius 3 is 2.39 bits per heavy atom. The monoisotopic (exact) mass is 387 g/mol. The van der Waals surface area contributed by atoms with Crippen molar-refractivity contribution in [1.29, 1.82) is 0 Å². The maximum atomic E-state index is 12.2. The largest absolute Gasteiger partial charge is 0.481 e. The van der Waals surface area contributed by atoms with Crippen molar-refractivity contribution < 1.29 is 19.2 Å². The van der Waals surface area contributed by atoms with Crippen LogP contribution < -0.4 is 5.32 Å². The summed E-state index contributed by atoms with van der Waals surface area (Å²) >= 11 is 0. The van der Waals surface area contributed by atoms with E-state index in [9.17, 15) is 14.7 Å². The Morgan fingerprint density at radius 2 is 1.86 bits per heavy atom. The molecular weight excluding hydrogens is 358 g/mol. The number of carboxylic acid groups (broad SMARTS) is 1. The van der Waals surface area contributed by atoms with E-state index in [1.54, 1.807) is 24.3 Å². The molecule has 1 heterocycles. The van der Waals surface area contributed by atoms with Crippen molar-refractivity contribution in [2.45, 2.75) is 64.2 Å². The Bertz CT molecular complexity index is 795. The summed E-state index contributed by atoms with van der Waals surface area (Å²) in [6.45, 7) is 7.88. The van der Waals surface area contributed by atoms with E-state index in [1.807, 2.05) is 33.8 Å². The number of benzene rings is 1. The minimum absolute atomic E-state index is 0.0520. The maximum absolute atomic E-state index is 12.2. The van der Waals surface area contributed by atoms with E-state index in [2.05, 4.69) is 15.5 Å². The topological polar surface area (TPSA) is 105 Å². The number of amides is 1. The number of rotatable bonds is 9. The highest BCUT2D eigenvalue weighted by atomic mass is 16.5. The number of aromatic nitrogens is 2. The predicted octanol–water partition coefficient (Wildman–Crippen LogP) is 3.24. The van der Waals surface area contributed by atoms with Crippen molar-refractivity contribution in [3.63, 3.8) is 0 Å². The van der Waals surface area contributed by atoms with Gasteiger partial charge in [-0.15, -0.1) is 0 Å². The van der Waals surface area contributed by atoms with Gasteiger partial charge < -0.3 is 14.9 Å². The van der Waals surface area contributed by atoms with Crippen LogP contribution in [-0.4, -0.2) is 33.7 Å². The zero-order valence-corrected chi connectivity index (χ0v) is 17.0. The first-order valence-corrected chi connectivity index (χ1v) is 9.57. The number of aryl methyl sites for hydroxylation is 1. The summed E-state index contributed by atoms with van der Waals surface area (Å²) in [6, 6.07) is 9.02. The van der Waals surface area contributed by atoms with Crippen molar-refractivity contribution in [3.8, 4) is 0 Å². The van der Waals surface area contributed by atoms with E-state index < -0.39 is 11.4 Å². The molecule has 0 bridgehead atoms. The third kappa shape index (κ3) is 5.18. The van der Waals surface area contributed by atoms with Crippen LogP contribution in [0.3, 0.4) is 0 Å². The molecule has 1 amide bonds. The Labute approximate surface area is 165 Å². The lowest BCUT2D eigenvalue weighted by atomic mass is 9.78. The molecule has 0 saturated carbocycles. The lowest BCUT2D eigenvalue weighted by molar-refractivity contribution is -0.144. The van der Waals surface area contributed by atoms with Gasteiger partial charge in [-0.25, -0.2) is 0 Å². The van der Waals surface area contributed by atoms with E-state index in [1.165, 1.54) is 0 Å². The van der Waals surface area contributed by atoms with Gasteiger partial charge in [0.25, 0.3) is 0 Å². The van der Waals surface area contributed by atoms with Gasteiger partial charge in [-0.3, -0.25) is 9.59 Å². The second-order valence-electron chi connectivity index (χ2n) is 8.00. The van der Waals surface area contributed by atoms with Gasteiger partial charge in [0.15, 0.2) is 5.82 Å². The van der Waals surface area contributed by atoms with Crippen LogP contribution in [0, 0.1) is 0 Å². The molecule has 7 heteroatoms. The second kappa shape index (κ2) is 8.99. The standard InChI is InChI=1S/C21H29N3O4/c1-5-21(19(26)27,15-10-7-6-8-11-15)14-22-16(25)12-9-13-17-23-18(24-28-17)20(2,3)4/h6-8,10-11H,5,9,12-14H2,1-4H3,(H,22,25)(H,26,27). The van der Waals surface area contributed by atoms with E-state index in [-0.39, 0.29) is 24.3 Å². The molecule has 0 fully saturated rings. The Kier molecular flexibility index (Phi) is 6.94. The van der Waals surface area contributed by atoms with Crippen molar-refractivity contribution in [3.05, 3.63) is 47.6 Å². The average molecular weight is 387 g/mol. The average Bonchev–Trinajstić information content (AvgIpc) is 3.13. The summed E-state index contributed by atoms with van der Waals surface area (Å²) < 4.78 is 5.22. The zero-order chi connectivity index (χ0) is 20.8. The quantitative estimate of drug-likeness (QED) is 0.684. The molecule has 28 heavy (non-hydrogen) atoms. The van der Waals surface area contributed by atoms with Gasteiger partial charge in [0.05, 0.1) is 0 Å². The van der Waals surface area contributed by atoms with Crippen molar-refractivity contribution in [2.24, 2.45) is 0 Å². The number of carbonyl (C=O) groups is 2. The number of hydrogen-bond donors (Lipinski definition) is 2. The van der Waals surface area contributed by atoms with Gasteiger partial charge in [-0.05, 0) is 18.4 Å². The highest BCUT2D eigenvalue weighted by Crippen LogP contribution is 2.28. The number of nitrogens with one attached hydrogen (secondary N) is 1. The van der Waals surface area contributed by atoms with Crippen LogP contribution in [0.4, 0.5) is 0 Å². The molecule has 1 aromatic heterocycles. The van der Waals surface area contributed by atoms with Gasteiger partial charge in [-0.1, -0.05) is 63.2 Å². The molecule has 2 rings (SSSR count). The van der Waals surface area contributed by atoms with Gasteiger partial charge in [0.1, 0.15) is 5.41 Å². The van der Waals surface area contributed by atoms with Gasteiger partial charge >= 0.3 is 5.97 Å². The first-order valence-electron chi connectivity index (χ1n) is 9.57. The summed E-state index contributed by atoms with van der Waals surface area (Å²) in [5.41, 5.74) is -0.632. The fourth-order valence-corrected chi connectivity index (χ4v) is 2.94. The summed E-state index contributed by atoms with van der Waals surface area (Å²) in [5.74, 6) is 0.0205. The Balaban J connectivity index is 1.90. The number of hydrogen-bond acceptors (Lipinski definition) is 5. The zero-order valence-electron chi connectivity index (χ0n) is 17.0. The molecule has 0 radical (unpaired) electrons. The summed E-state index contributed by atoms with van der Waals surface area (Å²) in [7, 11) is 0. The third-order valence-corrected chi connectivity index (χ3v) is 4.86. The van der Waals surface area contributed by atoms with Crippen LogP contribution in [0.1, 0.15) is 64.2 Å². The van der Waals surface area contributed by atoms with Crippen molar-refractivity contribution in [1.82, 2.24) is 15.5 Å². The molecule has 7 nitrogen and oxygen atoms in total. The lowest BCUT2D eigenvalue weighted by Crippen LogP contribution is -2.46. The second-order valence-corrected chi connectivity index (χ2v) is 8.00. The molecule has 2 aromatic rings. The number of carbonyl (C=O) groups excluding carboxylic acids is 1. The Hall–Kier alpha value is -2.70. The van der Waals surface area contributed by atoms with Crippen LogP contribution in [0.15, 0.2) is 34.9 Å². The summed E-state index contributed by atoms with van der Waals surface area (Å²) in [4.78, 5) is 28.6. The third-order valence-electron chi connectivity index (χ3n) is 4.86. The predicted molar refractivity (Wildman–Crippen MR) is 105 cm³/mol. The number of nitrogens with zero attached hydrogens (tertiary/aromatic N) is 2. The fraction of sp³-hybridized carbons (Fsp3) is 0.524. The normalized spacial score (nSPS) is 13.7. The van der Waals surface area contributed by atoms with Crippen molar-refractivity contribution in [2.75, 3.05) is 6.54 Å². The van der Waals surface area contributed by atoms with Crippen LogP contribution in [0.5, 0.6) is 0 Å². The summed E-state index contributed by atoms with van der Waals surface area (Å²) in [6.07, 6.45) is 1.70. The maximum Gasteiger partial charge on any atom is 0.315 e. The minimum atomic E-state index is -1.13. The summed E-state index contributed by atoms with van der Waals surface area (Å²) in [5, 5.41) is 16.6. The molecule has 2 N–H and O–H groups in total. The first-order chi connectivity index (χ1) is 13.2. The molecule has 0 spiro atoms. The molecule has 0 saturated heterocycles. The minimum Gasteiger partial charge on any atom is -0.481 e. The Morgan fingerprint density at radius 1 is 1.18 bits per heavy atom. The highest BCUT2D eigenvalue weighted by Gasteiger charge is 2.38. The smallest absolute Gasteiger partial charge is 0.315 e. The molecule has 152 valence electrons. The number of carboxylic acids is 1. The first kappa shape index (κ1) is 21.6. The molecule has 0 aliphatic rings. The van der Waals surface area contributed by atoms with Gasteiger partial charge in [0, 0.05) is 24.8 Å². The number of aliphatic carboxylic acids is 1. The molecule has 1 atom stereocenters. The van der Waals surface area contributed by atoms with E-state index in [0.29, 0.717) is 36.5 Å².